The minimum atomic E-state index is 0.491. The van der Waals surface area contributed by atoms with Crippen molar-refractivity contribution in [3.8, 4) is 5.75 Å². The van der Waals surface area contributed by atoms with Crippen LogP contribution in [0.4, 0.5) is 0 Å². The van der Waals surface area contributed by atoms with Crippen molar-refractivity contribution in [2.24, 2.45) is 0 Å². The maximum absolute atomic E-state index is 5.23. The number of ether oxygens (including phenoxy) is 1. The second-order valence-corrected chi connectivity index (χ2v) is 2.11. The van der Waals surface area contributed by atoms with Crippen molar-refractivity contribution in [1.82, 2.24) is 0 Å². The molecule has 1 aromatic carbocycles. The first-order chi connectivity index (χ1) is 4.84. The van der Waals surface area contributed by atoms with Crippen LogP contribution in [-0.2, 0) is 0 Å². The van der Waals surface area contributed by atoms with E-state index < -0.39 is 0 Å². The molecule has 0 aromatic heterocycles. The number of hydrogen-bond acceptors (Lipinski definition) is 1. The van der Waals surface area contributed by atoms with Crippen LogP contribution in [0, 0.1) is 13.8 Å². The molecule has 10 heavy (non-hydrogen) atoms. The highest BCUT2D eigenvalue weighted by Gasteiger charge is 1.93. The zero-order valence-corrected chi connectivity index (χ0v) is 6.13. The van der Waals surface area contributed by atoms with E-state index in [2.05, 4.69) is 6.92 Å². The predicted molar refractivity (Wildman–Crippen MR) is 42.0 cm³/mol. The van der Waals surface area contributed by atoms with Gasteiger partial charge in [0.05, 0.1) is 6.61 Å². The molecule has 0 amide bonds. The van der Waals surface area contributed by atoms with Crippen molar-refractivity contribution in [3.63, 3.8) is 0 Å². The quantitative estimate of drug-likeness (QED) is 0.604. The number of hydrogen-bond donors (Lipinski definition) is 0. The van der Waals surface area contributed by atoms with Crippen molar-refractivity contribution in [2.75, 3.05) is 6.61 Å². The van der Waals surface area contributed by atoms with Gasteiger partial charge in [-0.25, -0.2) is 0 Å². The van der Waals surface area contributed by atoms with Gasteiger partial charge < -0.3 is 4.74 Å². The van der Waals surface area contributed by atoms with Crippen LogP contribution in [0.3, 0.4) is 0 Å². The van der Waals surface area contributed by atoms with E-state index in [0.29, 0.717) is 6.61 Å². The van der Waals surface area contributed by atoms with Gasteiger partial charge in [-0.1, -0.05) is 18.2 Å². The average Bonchev–Trinajstić information content (AvgIpc) is 1.94. The summed E-state index contributed by atoms with van der Waals surface area (Å²) in [6.07, 6.45) is 0. The minimum Gasteiger partial charge on any atom is -0.493 e. The van der Waals surface area contributed by atoms with E-state index in [9.17, 15) is 0 Å². The highest BCUT2D eigenvalue weighted by molar-refractivity contribution is 5.31. The fourth-order valence-electron chi connectivity index (χ4n) is 0.828. The molecule has 0 atom stereocenters. The van der Waals surface area contributed by atoms with Crippen LogP contribution in [0.25, 0.3) is 0 Å². The lowest BCUT2D eigenvalue weighted by Gasteiger charge is -2.04. The molecule has 1 rings (SSSR count). The van der Waals surface area contributed by atoms with Crippen LogP contribution in [0.1, 0.15) is 5.56 Å². The third kappa shape index (κ3) is 1.50. The summed E-state index contributed by atoms with van der Waals surface area (Å²) in [5.41, 5.74) is 1.16. The average molecular weight is 135 g/mol. The van der Waals surface area contributed by atoms with Gasteiger partial charge in [0.1, 0.15) is 5.75 Å². The van der Waals surface area contributed by atoms with Crippen molar-refractivity contribution in [3.05, 3.63) is 36.8 Å². The van der Waals surface area contributed by atoms with Crippen molar-refractivity contribution in [2.45, 2.75) is 6.92 Å². The topological polar surface area (TPSA) is 9.23 Å². The lowest BCUT2D eigenvalue weighted by Crippen LogP contribution is -1.92. The lowest BCUT2D eigenvalue weighted by molar-refractivity contribution is 0.358. The SMILES string of the molecule is [CH2]COc1ccccc1C. The zero-order chi connectivity index (χ0) is 7.40. The number of rotatable bonds is 2. The van der Waals surface area contributed by atoms with Crippen LogP contribution >= 0.6 is 0 Å². The maximum atomic E-state index is 5.23. The molecule has 0 heterocycles. The molecule has 1 heteroatoms. The van der Waals surface area contributed by atoms with Gasteiger partial charge in [-0.05, 0) is 25.5 Å². The highest BCUT2D eigenvalue weighted by atomic mass is 16.5. The molecular formula is C9H11O. The molecular weight excluding hydrogens is 124 g/mol. The number of aryl methyl sites for hydroxylation is 1. The molecule has 0 saturated carbocycles. The summed E-state index contributed by atoms with van der Waals surface area (Å²) in [6, 6.07) is 7.91. The molecule has 0 aliphatic carbocycles. The minimum absolute atomic E-state index is 0.491. The Morgan fingerprint density at radius 3 is 2.70 bits per heavy atom. The monoisotopic (exact) mass is 135 g/mol. The molecule has 0 fully saturated rings. The fourth-order valence-corrected chi connectivity index (χ4v) is 0.828. The third-order valence-electron chi connectivity index (χ3n) is 1.35. The van der Waals surface area contributed by atoms with E-state index >= 15 is 0 Å². The molecule has 0 bridgehead atoms. The Labute approximate surface area is 61.6 Å². The third-order valence-corrected chi connectivity index (χ3v) is 1.35. The first kappa shape index (κ1) is 7.13. The van der Waals surface area contributed by atoms with Crippen molar-refractivity contribution < 1.29 is 4.74 Å². The zero-order valence-electron chi connectivity index (χ0n) is 6.13. The summed E-state index contributed by atoms with van der Waals surface area (Å²) in [7, 11) is 0. The molecule has 0 spiro atoms. The Morgan fingerprint density at radius 1 is 1.40 bits per heavy atom. The first-order valence-corrected chi connectivity index (χ1v) is 3.32. The summed E-state index contributed by atoms with van der Waals surface area (Å²) < 4.78 is 5.23. The maximum Gasteiger partial charge on any atom is 0.122 e. The molecule has 0 unspecified atom stereocenters. The molecule has 0 aliphatic rings. The van der Waals surface area contributed by atoms with Gasteiger partial charge in [-0.15, -0.1) is 0 Å². The molecule has 1 aromatic rings. The summed E-state index contributed by atoms with van der Waals surface area (Å²) in [4.78, 5) is 0. The fraction of sp³-hybridized carbons (Fsp3) is 0.222. The van der Waals surface area contributed by atoms with E-state index in [-0.39, 0.29) is 0 Å². The summed E-state index contributed by atoms with van der Waals surface area (Å²) in [5, 5.41) is 0. The largest absolute Gasteiger partial charge is 0.493 e. The van der Waals surface area contributed by atoms with Crippen molar-refractivity contribution in [1.29, 1.82) is 0 Å². The van der Waals surface area contributed by atoms with Crippen LogP contribution in [0.2, 0.25) is 0 Å². The Balaban J connectivity index is 2.81. The highest BCUT2D eigenvalue weighted by Crippen LogP contribution is 2.15. The second-order valence-electron chi connectivity index (χ2n) is 2.11. The van der Waals surface area contributed by atoms with E-state index in [4.69, 9.17) is 4.74 Å². The molecule has 53 valence electrons. The molecule has 0 N–H and O–H groups in total. The Bertz CT molecular complexity index is 206. The molecule has 0 aliphatic heterocycles. The van der Waals surface area contributed by atoms with Crippen LogP contribution in [0.5, 0.6) is 5.75 Å². The lowest BCUT2D eigenvalue weighted by atomic mass is 10.2. The van der Waals surface area contributed by atoms with E-state index in [1.165, 1.54) is 0 Å². The smallest absolute Gasteiger partial charge is 0.122 e. The van der Waals surface area contributed by atoms with Gasteiger partial charge in [0.25, 0.3) is 0 Å². The summed E-state index contributed by atoms with van der Waals surface area (Å²) in [6.45, 7) is 6.11. The van der Waals surface area contributed by atoms with E-state index in [0.717, 1.165) is 11.3 Å². The van der Waals surface area contributed by atoms with Gasteiger partial charge in [0.15, 0.2) is 0 Å². The van der Waals surface area contributed by atoms with Crippen LogP contribution in [0.15, 0.2) is 24.3 Å². The molecule has 0 saturated heterocycles. The Morgan fingerprint density at radius 2 is 2.10 bits per heavy atom. The van der Waals surface area contributed by atoms with Crippen LogP contribution in [-0.4, -0.2) is 6.61 Å². The summed E-state index contributed by atoms with van der Waals surface area (Å²) >= 11 is 0. The van der Waals surface area contributed by atoms with Crippen molar-refractivity contribution >= 4 is 0 Å². The van der Waals surface area contributed by atoms with E-state index in [1.807, 2.05) is 31.2 Å². The number of para-hydroxylation sites is 1. The first-order valence-electron chi connectivity index (χ1n) is 3.32. The van der Waals surface area contributed by atoms with Gasteiger partial charge in [0, 0.05) is 0 Å². The second kappa shape index (κ2) is 3.25. The Hall–Kier alpha value is -0.980. The number of benzene rings is 1. The Kier molecular flexibility index (Phi) is 2.32. The molecule has 1 radical (unpaired) electrons. The van der Waals surface area contributed by atoms with Gasteiger partial charge in [-0.3, -0.25) is 0 Å². The van der Waals surface area contributed by atoms with Gasteiger partial charge >= 0.3 is 0 Å². The van der Waals surface area contributed by atoms with Gasteiger partial charge in [0.2, 0.25) is 0 Å². The van der Waals surface area contributed by atoms with E-state index in [1.54, 1.807) is 0 Å². The summed E-state index contributed by atoms with van der Waals surface area (Å²) in [5.74, 6) is 0.928. The molecule has 1 nitrogen and oxygen atoms in total. The normalized spacial score (nSPS) is 9.40. The predicted octanol–water partition coefficient (Wildman–Crippen LogP) is 2.21. The standard InChI is InChI=1S/C9H11O/c1-3-10-9-7-5-4-6-8(9)2/h4-7H,1,3H2,2H3. The van der Waals surface area contributed by atoms with Crippen LogP contribution < -0.4 is 4.74 Å². The van der Waals surface area contributed by atoms with Gasteiger partial charge in [-0.2, -0.15) is 0 Å².